The van der Waals surface area contributed by atoms with Crippen LogP contribution in [-0.4, -0.2) is 37.4 Å². The van der Waals surface area contributed by atoms with Crippen LogP contribution in [0.15, 0.2) is 69.7 Å². The fourth-order valence-corrected chi connectivity index (χ4v) is 3.82. The molecule has 5 rings (SSSR count). The Hall–Kier alpha value is -4.38. The zero-order chi connectivity index (χ0) is 21.2. The number of carbonyl (C=O) groups excluding carboxylic acids is 1. The predicted molar refractivity (Wildman–Crippen MR) is 116 cm³/mol. The van der Waals surface area contributed by atoms with Gasteiger partial charge in [-0.1, -0.05) is 47.7 Å². The number of hydrazone groups is 1. The van der Waals surface area contributed by atoms with E-state index in [1.165, 1.54) is 16.0 Å². The summed E-state index contributed by atoms with van der Waals surface area (Å²) < 4.78 is 5.97. The van der Waals surface area contributed by atoms with Crippen LogP contribution in [0.5, 0.6) is 0 Å². The summed E-state index contributed by atoms with van der Waals surface area (Å²) in [5.74, 6) is -0.347. The molecule has 1 amide bonds. The molecule has 0 radical (unpaired) electrons. The lowest BCUT2D eigenvalue weighted by molar-refractivity contribution is 0.0951. The second-order valence-corrected chi connectivity index (χ2v) is 7.40. The van der Waals surface area contributed by atoms with E-state index in [4.69, 9.17) is 5.73 Å². The molecule has 3 heterocycles. The third-order valence-corrected chi connectivity index (χ3v) is 5.37. The van der Waals surface area contributed by atoms with Crippen molar-refractivity contribution < 1.29 is 9.42 Å². The Morgan fingerprint density at radius 2 is 2.00 bits per heavy atom. The maximum Gasteiger partial charge on any atom is 0.294 e. The molecular formula is C20H14N8O2S. The summed E-state index contributed by atoms with van der Waals surface area (Å²) in [6.45, 7) is 0. The minimum Gasteiger partial charge on any atom is -0.378 e. The monoisotopic (exact) mass is 430 g/mol. The van der Waals surface area contributed by atoms with Crippen molar-refractivity contribution in [2.45, 2.75) is 0 Å². The molecule has 2 aromatic carbocycles. The van der Waals surface area contributed by atoms with Gasteiger partial charge < -0.3 is 5.73 Å². The summed E-state index contributed by atoms with van der Waals surface area (Å²) in [5, 5.41) is 23.5. The van der Waals surface area contributed by atoms with Crippen molar-refractivity contribution in [3.8, 4) is 16.4 Å². The van der Waals surface area contributed by atoms with Crippen LogP contribution in [0.1, 0.15) is 16.1 Å². The van der Waals surface area contributed by atoms with Crippen LogP contribution in [0.3, 0.4) is 0 Å². The first-order valence-corrected chi connectivity index (χ1v) is 9.99. The molecule has 0 saturated carbocycles. The highest BCUT2D eigenvalue weighted by Crippen LogP contribution is 2.29. The molecule has 0 aliphatic heterocycles. The first-order valence-electron chi connectivity index (χ1n) is 9.11. The van der Waals surface area contributed by atoms with Gasteiger partial charge in [-0.05, 0) is 44.2 Å². The van der Waals surface area contributed by atoms with E-state index in [0.29, 0.717) is 5.69 Å². The smallest absolute Gasteiger partial charge is 0.294 e. The van der Waals surface area contributed by atoms with Gasteiger partial charge in [0.2, 0.25) is 11.6 Å². The molecule has 5 aromatic rings. The molecule has 0 aliphatic rings. The van der Waals surface area contributed by atoms with Crippen molar-refractivity contribution in [3.05, 3.63) is 71.2 Å². The summed E-state index contributed by atoms with van der Waals surface area (Å²) in [5.41, 5.74) is 9.62. The molecule has 3 N–H and O–H groups in total. The van der Waals surface area contributed by atoms with Gasteiger partial charge in [0.25, 0.3) is 5.91 Å². The van der Waals surface area contributed by atoms with E-state index in [9.17, 15) is 4.79 Å². The van der Waals surface area contributed by atoms with Crippen molar-refractivity contribution in [2.75, 3.05) is 5.73 Å². The van der Waals surface area contributed by atoms with Crippen LogP contribution in [0, 0.1) is 0 Å². The molecule has 11 heteroatoms. The Morgan fingerprint density at radius 3 is 2.77 bits per heavy atom. The number of nitrogen functional groups attached to an aromatic ring is 1. The maximum atomic E-state index is 12.8. The van der Waals surface area contributed by atoms with Gasteiger partial charge in [0.05, 0.1) is 11.1 Å². The topological polar surface area (TPSA) is 137 Å². The third kappa shape index (κ3) is 3.53. The van der Waals surface area contributed by atoms with E-state index in [0.717, 1.165) is 21.2 Å². The molecule has 10 nitrogen and oxygen atoms in total. The first kappa shape index (κ1) is 18.6. The molecule has 0 atom stereocenters. The van der Waals surface area contributed by atoms with E-state index in [-0.39, 0.29) is 17.3 Å². The lowest BCUT2D eigenvalue weighted by Crippen LogP contribution is -2.19. The van der Waals surface area contributed by atoms with Crippen molar-refractivity contribution in [1.82, 2.24) is 30.7 Å². The second-order valence-electron chi connectivity index (χ2n) is 6.45. The molecule has 0 fully saturated rings. The van der Waals surface area contributed by atoms with Gasteiger partial charge in [-0.2, -0.15) is 9.78 Å². The zero-order valence-electron chi connectivity index (χ0n) is 15.8. The van der Waals surface area contributed by atoms with Gasteiger partial charge in [0.15, 0.2) is 5.69 Å². The molecular weight excluding hydrogens is 416 g/mol. The lowest BCUT2D eigenvalue weighted by atomic mass is 10.1. The normalized spacial score (nSPS) is 11.4. The van der Waals surface area contributed by atoms with Gasteiger partial charge in [-0.25, -0.2) is 10.1 Å². The van der Waals surface area contributed by atoms with E-state index >= 15 is 0 Å². The number of hydrogen-bond donors (Lipinski definition) is 2. The summed E-state index contributed by atoms with van der Waals surface area (Å²) in [6.07, 6.45) is 1.57. The third-order valence-electron chi connectivity index (χ3n) is 4.49. The first-order chi connectivity index (χ1) is 15.2. The Labute approximate surface area is 179 Å². The van der Waals surface area contributed by atoms with Gasteiger partial charge >= 0.3 is 0 Å². The number of thiophene rings is 1. The summed E-state index contributed by atoms with van der Waals surface area (Å²) in [4.78, 5) is 13.6. The quantitative estimate of drug-likeness (QED) is 0.323. The number of rotatable bonds is 5. The van der Waals surface area contributed by atoms with E-state index in [1.807, 2.05) is 60.0 Å². The number of nitrogens with one attached hydrogen (secondary N) is 1. The van der Waals surface area contributed by atoms with E-state index in [1.54, 1.807) is 6.21 Å². The Balaban J connectivity index is 1.43. The van der Waals surface area contributed by atoms with Gasteiger partial charge in [0.1, 0.15) is 5.69 Å². The Kier molecular flexibility index (Phi) is 4.69. The van der Waals surface area contributed by atoms with Crippen LogP contribution >= 0.6 is 11.3 Å². The molecule has 0 unspecified atom stereocenters. The highest BCUT2D eigenvalue weighted by molar-refractivity contribution is 7.13. The second kappa shape index (κ2) is 7.80. The highest BCUT2D eigenvalue weighted by Gasteiger charge is 2.25. The predicted octanol–water partition coefficient (Wildman–Crippen LogP) is 2.88. The van der Waals surface area contributed by atoms with E-state index in [2.05, 4.69) is 35.8 Å². The molecule has 0 bridgehead atoms. The van der Waals surface area contributed by atoms with Crippen LogP contribution in [0.2, 0.25) is 0 Å². The summed E-state index contributed by atoms with van der Waals surface area (Å²) in [7, 11) is 0. The Morgan fingerprint density at radius 1 is 1.13 bits per heavy atom. The van der Waals surface area contributed by atoms with Crippen LogP contribution in [0.4, 0.5) is 5.82 Å². The molecule has 31 heavy (non-hydrogen) atoms. The number of nitrogens with zero attached hydrogens (tertiary/aromatic N) is 6. The fraction of sp³-hybridized carbons (Fsp3) is 0. The van der Waals surface area contributed by atoms with Gasteiger partial charge in [0, 0.05) is 0 Å². The average Bonchev–Trinajstić information content (AvgIpc) is 3.53. The highest BCUT2D eigenvalue weighted by atomic mass is 32.1. The molecule has 0 aliphatic carbocycles. The molecule has 152 valence electrons. The number of carbonyl (C=O) groups is 1. The minimum absolute atomic E-state index is 0.0315. The van der Waals surface area contributed by atoms with Crippen molar-refractivity contribution in [3.63, 3.8) is 0 Å². The molecule has 3 aromatic heterocycles. The average molecular weight is 430 g/mol. The standard InChI is InChI=1S/C20H14N8O2S/c21-18-19(26-30-25-18)28-17(15-6-3-9-31-15)16(23-27-28)20(29)24-22-11-12-7-8-13-4-1-2-5-14(13)10-12/h1-11H,(H2,21,25)(H,24,29). The Bertz CT molecular complexity index is 1400. The largest absolute Gasteiger partial charge is 0.378 e. The SMILES string of the molecule is Nc1nonc1-n1nnc(C(=O)NN=Cc2ccc3ccccc3c2)c1-c1cccs1. The number of amides is 1. The number of hydrogen-bond acceptors (Lipinski definition) is 9. The lowest BCUT2D eigenvalue weighted by Gasteiger charge is -2.03. The number of aromatic nitrogens is 5. The minimum atomic E-state index is -0.526. The van der Waals surface area contributed by atoms with Crippen LogP contribution in [0.25, 0.3) is 27.2 Å². The van der Waals surface area contributed by atoms with Crippen LogP contribution in [-0.2, 0) is 0 Å². The zero-order valence-corrected chi connectivity index (χ0v) is 16.7. The van der Waals surface area contributed by atoms with Crippen molar-refractivity contribution in [1.29, 1.82) is 0 Å². The number of nitrogens with two attached hydrogens (primary N) is 1. The van der Waals surface area contributed by atoms with Crippen LogP contribution < -0.4 is 11.2 Å². The number of benzene rings is 2. The fourth-order valence-electron chi connectivity index (χ4n) is 3.06. The van der Waals surface area contributed by atoms with Crippen molar-refractivity contribution in [2.24, 2.45) is 5.10 Å². The number of fused-ring (bicyclic) bond motifs is 1. The van der Waals surface area contributed by atoms with Crippen molar-refractivity contribution >= 4 is 40.0 Å². The summed E-state index contributed by atoms with van der Waals surface area (Å²) in [6, 6.07) is 17.6. The van der Waals surface area contributed by atoms with Gasteiger partial charge in [-0.3, -0.25) is 4.79 Å². The summed E-state index contributed by atoms with van der Waals surface area (Å²) >= 11 is 1.41. The molecule has 0 spiro atoms. The molecule has 0 saturated heterocycles. The maximum absolute atomic E-state index is 12.8. The van der Waals surface area contributed by atoms with Gasteiger partial charge in [-0.15, -0.1) is 16.4 Å². The van der Waals surface area contributed by atoms with E-state index < -0.39 is 5.91 Å². The number of anilines is 1.